The molecule has 1 heterocycles. The monoisotopic (exact) mass is 441 g/mol. The van der Waals surface area contributed by atoms with Crippen LogP contribution in [0.1, 0.15) is 11.1 Å². The zero-order chi connectivity index (χ0) is 23.0. The van der Waals surface area contributed by atoms with E-state index >= 15 is 0 Å². The number of carbonyl (C=O) groups excluding carboxylic acids is 1. The Kier molecular flexibility index (Phi) is 7.01. The topological polar surface area (TPSA) is 56.6 Å². The molecule has 0 spiro atoms. The lowest BCUT2D eigenvalue weighted by Crippen LogP contribution is -2.49. The van der Waals surface area contributed by atoms with Crippen molar-refractivity contribution in [3.05, 3.63) is 101 Å². The highest BCUT2D eigenvalue weighted by Gasteiger charge is 2.24. The van der Waals surface area contributed by atoms with Crippen LogP contribution in [0.25, 0.3) is 6.08 Å². The molecule has 0 N–H and O–H groups in total. The maximum absolute atomic E-state index is 13.1. The highest BCUT2D eigenvalue weighted by molar-refractivity contribution is 6.02. The van der Waals surface area contributed by atoms with Gasteiger partial charge >= 0.3 is 0 Å². The Hall–Kier alpha value is -4.11. The van der Waals surface area contributed by atoms with E-state index in [0.717, 1.165) is 11.3 Å². The summed E-state index contributed by atoms with van der Waals surface area (Å²) in [7, 11) is 0. The molecule has 6 heteroatoms. The lowest BCUT2D eigenvalue weighted by atomic mass is 10.1. The van der Waals surface area contributed by atoms with Crippen LogP contribution in [0.4, 0.5) is 10.1 Å². The molecule has 1 amide bonds. The summed E-state index contributed by atoms with van der Waals surface area (Å²) in [6.45, 7) is 2.78. The fourth-order valence-electron chi connectivity index (χ4n) is 3.75. The Morgan fingerprint density at radius 1 is 0.939 bits per heavy atom. The minimum Gasteiger partial charge on any atom is -0.488 e. The van der Waals surface area contributed by atoms with E-state index in [1.165, 1.54) is 12.1 Å². The third-order valence-electron chi connectivity index (χ3n) is 5.57. The van der Waals surface area contributed by atoms with Gasteiger partial charge in [0.05, 0.1) is 0 Å². The molecular weight excluding hydrogens is 417 g/mol. The van der Waals surface area contributed by atoms with Crippen molar-refractivity contribution in [3.8, 4) is 11.8 Å². The molecule has 0 saturated carbocycles. The number of rotatable bonds is 6. The number of hydrogen-bond donors (Lipinski definition) is 0. The lowest BCUT2D eigenvalue weighted by Gasteiger charge is -2.36. The molecule has 4 rings (SSSR count). The summed E-state index contributed by atoms with van der Waals surface area (Å²) in [6.07, 6.45) is 1.58. The molecule has 0 bridgehead atoms. The van der Waals surface area contributed by atoms with Crippen molar-refractivity contribution in [1.82, 2.24) is 4.90 Å². The highest BCUT2D eigenvalue weighted by Crippen LogP contribution is 2.23. The normalized spacial score (nSPS) is 14.0. The van der Waals surface area contributed by atoms with Crippen LogP contribution in [0.2, 0.25) is 0 Å². The molecule has 0 radical (unpaired) electrons. The van der Waals surface area contributed by atoms with Gasteiger partial charge in [0.15, 0.2) is 0 Å². The van der Waals surface area contributed by atoms with Crippen LogP contribution in [-0.4, -0.2) is 37.0 Å². The Morgan fingerprint density at radius 3 is 2.30 bits per heavy atom. The molecule has 3 aromatic rings. The first kappa shape index (κ1) is 22.1. The fraction of sp³-hybridized carbons (Fsp3) is 0.185. The van der Waals surface area contributed by atoms with Crippen molar-refractivity contribution >= 4 is 17.7 Å². The molecule has 0 aromatic heterocycles. The summed E-state index contributed by atoms with van der Waals surface area (Å²) in [5, 5.41) is 9.69. The Balaban J connectivity index is 1.44. The van der Waals surface area contributed by atoms with Gasteiger partial charge < -0.3 is 14.5 Å². The second-order valence-corrected chi connectivity index (χ2v) is 7.74. The van der Waals surface area contributed by atoms with Gasteiger partial charge in [-0.1, -0.05) is 48.5 Å². The number of nitriles is 1. The molecule has 5 nitrogen and oxygen atoms in total. The molecule has 166 valence electrons. The Labute approximate surface area is 192 Å². The maximum Gasteiger partial charge on any atom is 0.264 e. The summed E-state index contributed by atoms with van der Waals surface area (Å²) in [5.41, 5.74) is 2.67. The molecular formula is C27H24FN3O2. The van der Waals surface area contributed by atoms with E-state index in [1.807, 2.05) is 30.3 Å². The minimum absolute atomic E-state index is 0.0704. The number of amides is 1. The van der Waals surface area contributed by atoms with Crippen molar-refractivity contribution in [3.63, 3.8) is 0 Å². The molecule has 0 atom stereocenters. The van der Waals surface area contributed by atoms with Crippen LogP contribution < -0.4 is 9.64 Å². The minimum atomic E-state index is -0.302. The van der Waals surface area contributed by atoms with Gasteiger partial charge in [-0.15, -0.1) is 0 Å². The molecule has 1 saturated heterocycles. The molecule has 33 heavy (non-hydrogen) atoms. The molecule has 1 aliphatic heterocycles. The van der Waals surface area contributed by atoms with Crippen molar-refractivity contribution in [2.75, 3.05) is 31.1 Å². The van der Waals surface area contributed by atoms with E-state index in [-0.39, 0.29) is 23.9 Å². The zero-order valence-electron chi connectivity index (χ0n) is 18.2. The first-order chi connectivity index (χ1) is 16.1. The average molecular weight is 442 g/mol. The summed E-state index contributed by atoms with van der Waals surface area (Å²) < 4.78 is 19.0. The maximum atomic E-state index is 13.1. The average Bonchev–Trinajstić information content (AvgIpc) is 2.88. The number of anilines is 1. The number of nitrogens with zero attached hydrogens (tertiary/aromatic N) is 3. The third kappa shape index (κ3) is 5.58. The van der Waals surface area contributed by atoms with Crippen LogP contribution in [-0.2, 0) is 11.4 Å². The quantitative estimate of drug-likeness (QED) is 0.412. The zero-order valence-corrected chi connectivity index (χ0v) is 18.2. The van der Waals surface area contributed by atoms with Gasteiger partial charge in [0.2, 0.25) is 0 Å². The van der Waals surface area contributed by atoms with Gasteiger partial charge in [0, 0.05) is 37.4 Å². The van der Waals surface area contributed by atoms with E-state index in [0.29, 0.717) is 37.5 Å². The number of para-hydroxylation sites is 2. The van der Waals surface area contributed by atoms with Gasteiger partial charge in [-0.25, -0.2) is 4.39 Å². The lowest BCUT2D eigenvalue weighted by molar-refractivity contribution is -0.126. The summed E-state index contributed by atoms with van der Waals surface area (Å²) in [5.74, 6) is -0.0290. The largest absolute Gasteiger partial charge is 0.488 e. The van der Waals surface area contributed by atoms with Gasteiger partial charge in [-0.2, -0.15) is 5.26 Å². The van der Waals surface area contributed by atoms with E-state index in [4.69, 9.17) is 4.74 Å². The van der Waals surface area contributed by atoms with Crippen molar-refractivity contribution < 1.29 is 13.9 Å². The van der Waals surface area contributed by atoms with Crippen LogP contribution in [0.3, 0.4) is 0 Å². The summed E-state index contributed by atoms with van der Waals surface area (Å²) in [4.78, 5) is 17.0. The Morgan fingerprint density at radius 2 is 1.61 bits per heavy atom. The first-order valence-corrected chi connectivity index (χ1v) is 10.8. The predicted molar refractivity (Wildman–Crippen MR) is 126 cm³/mol. The molecule has 0 aliphatic carbocycles. The van der Waals surface area contributed by atoms with E-state index < -0.39 is 0 Å². The van der Waals surface area contributed by atoms with Crippen LogP contribution >= 0.6 is 0 Å². The fourth-order valence-corrected chi connectivity index (χ4v) is 3.75. The van der Waals surface area contributed by atoms with E-state index in [2.05, 4.69) is 23.1 Å². The number of carbonyl (C=O) groups is 1. The number of ether oxygens (including phenoxy) is 1. The van der Waals surface area contributed by atoms with E-state index in [1.54, 1.807) is 35.2 Å². The number of hydrogen-bond acceptors (Lipinski definition) is 4. The van der Waals surface area contributed by atoms with Gasteiger partial charge in [-0.3, -0.25) is 4.79 Å². The van der Waals surface area contributed by atoms with Crippen molar-refractivity contribution in [2.45, 2.75) is 6.61 Å². The number of benzene rings is 3. The molecule has 3 aromatic carbocycles. The second kappa shape index (κ2) is 10.5. The number of halogens is 1. The second-order valence-electron chi connectivity index (χ2n) is 7.74. The van der Waals surface area contributed by atoms with Gasteiger partial charge in [-0.05, 0) is 42.0 Å². The Bertz CT molecular complexity index is 1160. The summed E-state index contributed by atoms with van der Waals surface area (Å²) >= 11 is 0. The van der Waals surface area contributed by atoms with E-state index in [9.17, 15) is 14.4 Å². The third-order valence-corrected chi connectivity index (χ3v) is 5.57. The number of piperazine rings is 1. The van der Waals surface area contributed by atoms with Crippen LogP contribution in [0.5, 0.6) is 5.75 Å². The van der Waals surface area contributed by atoms with Gasteiger partial charge in [0.1, 0.15) is 29.8 Å². The predicted octanol–water partition coefficient (Wildman–Crippen LogP) is 4.66. The molecule has 0 unspecified atom stereocenters. The van der Waals surface area contributed by atoms with Crippen molar-refractivity contribution in [2.24, 2.45) is 0 Å². The summed E-state index contributed by atoms with van der Waals surface area (Å²) in [6, 6.07) is 25.5. The molecule has 1 fully saturated rings. The van der Waals surface area contributed by atoms with Crippen LogP contribution in [0.15, 0.2) is 84.4 Å². The SMILES string of the molecule is N#C/C(=C/c1ccccc1OCc1ccc(F)cc1)C(=O)N1CCN(c2ccccc2)CC1. The van der Waals surface area contributed by atoms with Crippen LogP contribution in [0, 0.1) is 17.1 Å². The van der Waals surface area contributed by atoms with Crippen molar-refractivity contribution in [1.29, 1.82) is 5.26 Å². The van der Waals surface area contributed by atoms with Gasteiger partial charge in [0.25, 0.3) is 5.91 Å². The first-order valence-electron chi connectivity index (χ1n) is 10.8. The smallest absolute Gasteiger partial charge is 0.264 e. The molecule has 1 aliphatic rings. The highest BCUT2D eigenvalue weighted by atomic mass is 19.1. The standard InChI is InChI=1S/C27H24FN3O2/c28-24-12-10-21(11-13-24)20-33-26-9-5-4-6-22(26)18-23(19-29)27(32)31-16-14-30(15-17-31)25-7-2-1-3-8-25/h1-13,18H,14-17,20H2/b23-18-.